The summed E-state index contributed by atoms with van der Waals surface area (Å²) in [5.41, 5.74) is 0.474. The Bertz CT molecular complexity index is 808. The quantitative estimate of drug-likeness (QED) is 0.429. The van der Waals surface area contributed by atoms with E-state index in [0.29, 0.717) is 11.4 Å². The molecule has 0 radical (unpaired) electrons. The first-order chi connectivity index (χ1) is 12.4. The maximum Gasteiger partial charge on any atom is 0.307 e. The number of hydrogen-bond acceptors (Lipinski definition) is 6. The average molecular weight is 357 g/mol. The first-order valence-corrected chi connectivity index (χ1v) is 8.07. The summed E-state index contributed by atoms with van der Waals surface area (Å²) in [5, 5.41) is 11.1. The zero-order valence-corrected chi connectivity index (χ0v) is 14.5. The molecule has 1 heterocycles. The lowest BCUT2D eigenvalue weighted by Gasteiger charge is -2.21. The topological polar surface area (TPSA) is 103 Å². The molecule has 0 saturated carbocycles. The number of rotatable bonds is 7. The van der Waals surface area contributed by atoms with Crippen molar-refractivity contribution in [2.45, 2.75) is 20.3 Å². The molecular weight excluding hydrogens is 338 g/mol. The van der Waals surface area contributed by atoms with Gasteiger partial charge in [0.05, 0.1) is 18.0 Å². The number of pyridine rings is 1. The van der Waals surface area contributed by atoms with Gasteiger partial charge in [-0.15, -0.1) is 0 Å². The molecule has 0 N–H and O–H groups in total. The van der Waals surface area contributed by atoms with Crippen molar-refractivity contribution in [3.05, 3.63) is 63.8 Å². The van der Waals surface area contributed by atoms with Gasteiger partial charge in [0.25, 0.3) is 11.6 Å². The Morgan fingerprint density at radius 3 is 2.65 bits per heavy atom. The maximum atomic E-state index is 12.9. The van der Waals surface area contributed by atoms with Crippen LogP contribution >= 0.6 is 0 Å². The van der Waals surface area contributed by atoms with Crippen molar-refractivity contribution in [3.8, 4) is 0 Å². The van der Waals surface area contributed by atoms with Crippen molar-refractivity contribution in [2.75, 3.05) is 18.1 Å². The molecule has 1 amide bonds. The van der Waals surface area contributed by atoms with Gasteiger partial charge in [-0.3, -0.25) is 24.6 Å². The lowest BCUT2D eigenvalue weighted by Crippen LogP contribution is -2.34. The van der Waals surface area contributed by atoms with Gasteiger partial charge in [0.1, 0.15) is 5.82 Å². The minimum atomic E-state index is -0.532. The van der Waals surface area contributed by atoms with Crippen LogP contribution in [0, 0.1) is 17.0 Å². The van der Waals surface area contributed by atoms with Gasteiger partial charge in [-0.2, -0.15) is 0 Å². The van der Waals surface area contributed by atoms with Crippen molar-refractivity contribution in [1.82, 2.24) is 4.98 Å². The normalized spacial score (nSPS) is 10.2. The van der Waals surface area contributed by atoms with Gasteiger partial charge in [0.15, 0.2) is 0 Å². The lowest BCUT2D eigenvalue weighted by molar-refractivity contribution is -0.385. The van der Waals surface area contributed by atoms with Crippen molar-refractivity contribution in [3.63, 3.8) is 0 Å². The molecule has 0 saturated heterocycles. The van der Waals surface area contributed by atoms with E-state index in [1.807, 2.05) is 0 Å². The monoisotopic (exact) mass is 357 g/mol. The SMILES string of the molecule is CCOC(=O)CCN(C(=O)c1ccc(C)c([N+](=O)[O-])c1)c1ccccn1. The first-order valence-electron chi connectivity index (χ1n) is 8.07. The highest BCUT2D eigenvalue weighted by molar-refractivity contribution is 6.06. The Labute approximate surface area is 150 Å². The average Bonchev–Trinajstić information content (AvgIpc) is 2.63. The van der Waals surface area contributed by atoms with E-state index in [9.17, 15) is 19.7 Å². The number of ether oxygens (including phenoxy) is 1. The molecule has 0 bridgehead atoms. The fourth-order valence-corrected chi connectivity index (χ4v) is 2.36. The molecule has 0 spiro atoms. The zero-order chi connectivity index (χ0) is 19.1. The maximum absolute atomic E-state index is 12.9. The van der Waals surface area contributed by atoms with Gasteiger partial charge >= 0.3 is 5.97 Å². The Morgan fingerprint density at radius 2 is 2.04 bits per heavy atom. The summed E-state index contributed by atoms with van der Waals surface area (Å²) in [6.45, 7) is 3.60. The third kappa shape index (κ3) is 4.62. The van der Waals surface area contributed by atoms with E-state index in [-0.39, 0.29) is 30.8 Å². The van der Waals surface area contributed by atoms with Gasteiger partial charge in [-0.05, 0) is 32.0 Å². The van der Waals surface area contributed by atoms with Crippen LogP contribution in [0.2, 0.25) is 0 Å². The van der Waals surface area contributed by atoms with E-state index in [2.05, 4.69) is 4.98 Å². The molecule has 2 rings (SSSR count). The van der Waals surface area contributed by atoms with E-state index in [4.69, 9.17) is 4.74 Å². The second-order valence-electron chi connectivity index (χ2n) is 5.46. The van der Waals surface area contributed by atoms with Crippen LogP contribution in [0.15, 0.2) is 42.6 Å². The number of anilines is 1. The highest BCUT2D eigenvalue weighted by Gasteiger charge is 2.22. The first kappa shape index (κ1) is 19.0. The summed E-state index contributed by atoms with van der Waals surface area (Å²) in [7, 11) is 0. The molecule has 0 atom stereocenters. The lowest BCUT2D eigenvalue weighted by atomic mass is 10.1. The number of esters is 1. The second kappa shape index (κ2) is 8.70. The Balaban J connectivity index is 2.32. The summed E-state index contributed by atoms with van der Waals surface area (Å²) in [4.78, 5) is 40.6. The Morgan fingerprint density at radius 1 is 1.27 bits per heavy atom. The van der Waals surface area contributed by atoms with Crippen LogP contribution in [0.5, 0.6) is 0 Å². The molecule has 0 aliphatic carbocycles. The van der Waals surface area contributed by atoms with Crippen molar-refractivity contribution < 1.29 is 19.2 Å². The van der Waals surface area contributed by atoms with E-state index in [1.165, 1.54) is 29.3 Å². The summed E-state index contributed by atoms with van der Waals surface area (Å²) < 4.78 is 4.89. The van der Waals surface area contributed by atoms with Crippen LogP contribution in [0.1, 0.15) is 29.3 Å². The number of nitrogens with zero attached hydrogens (tertiary/aromatic N) is 3. The predicted octanol–water partition coefficient (Wildman–Crippen LogP) is 2.90. The summed E-state index contributed by atoms with van der Waals surface area (Å²) in [6.07, 6.45) is 1.52. The molecule has 1 aromatic carbocycles. The highest BCUT2D eigenvalue weighted by Crippen LogP contribution is 2.22. The number of aromatic nitrogens is 1. The molecule has 136 valence electrons. The molecule has 8 nitrogen and oxygen atoms in total. The fraction of sp³-hybridized carbons (Fsp3) is 0.278. The molecule has 1 aromatic heterocycles. The molecule has 26 heavy (non-hydrogen) atoms. The number of benzene rings is 1. The van der Waals surface area contributed by atoms with Crippen LogP contribution in [-0.2, 0) is 9.53 Å². The van der Waals surface area contributed by atoms with E-state index in [1.54, 1.807) is 32.0 Å². The van der Waals surface area contributed by atoms with Gasteiger partial charge in [-0.25, -0.2) is 4.98 Å². The van der Waals surface area contributed by atoms with Crippen molar-refractivity contribution >= 4 is 23.4 Å². The third-order valence-corrected chi connectivity index (χ3v) is 3.67. The summed E-state index contributed by atoms with van der Waals surface area (Å²) in [6, 6.07) is 9.32. The van der Waals surface area contributed by atoms with Crippen LogP contribution in [0.25, 0.3) is 0 Å². The van der Waals surface area contributed by atoms with Gasteiger partial charge < -0.3 is 4.74 Å². The predicted molar refractivity (Wildman–Crippen MR) is 95.0 cm³/mol. The number of amides is 1. The minimum Gasteiger partial charge on any atom is -0.466 e. The summed E-state index contributed by atoms with van der Waals surface area (Å²) >= 11 is 0. The molecule has 2 aromatic rings. The summed E-state index contributed by atoms with van der Waals surface area (Å²) in [5.74, 6) is -0.558. The number of aryl methyl sites for hydroxylation is 1. The molecular formula is C18H19N3O5. The van der Waals surface area contributed by atoms with Crippen LogP contribution in [-0.4, -0.2) is 34.9 Å². The number of carbonyl (C=O) groups is 2. The third-order valence-electron chi connectivity index (χ3n) is 3.67. The van der Waals surface area contributed by atoms with E-state index < -0.39 is 16.8 Å². The second-order valence-corrected chi connectivity index (χ2v) is 5.46. The van der Waals surface area contributed by atoms with Crippen LogP contribution in [0.3, 0.4) is 0 Å². The fourth-order valence-electron chi connectivity index (χ4n) is 2.36. The standard InChI is InChI=1S/C18H19N3O5/c1-3-26-17(22)9-11-20(16-6-4-5-10-19-16)18(23)14-8-7-13(2)15(12-14)21(24)25/h4-8,10,12H,3,9,11H2,1-2H3. The molecule has 0 unspecified atom stereocenters. The van der Waals surface area contributed by atoms with Crippen molar-refractivity contribution in [2.24, 2.45) is 0 Å². The molecule has 0 aliphatic heterocycles. The zero-order valence-electron chi connectivity index (χ0n) is 14.5. The van der Waals surface area contributed by atoms with Gasteiger partial charge in [0, 0.05) is 29.9 Å². The van der Waals surface area contributed by atoms with E-state index in [0.717, 1.165) is 0 Å². The van der Waals surface area contributed by atoms with Crippen LogP contribution in [0.4, 0.5) is 11.5 Å². The van der Waals surface area contributed by atoms with E-state index >= 15 is 0 Å². The van der Waals surface area contributed by atoms with Gasteiger partial charge in [0.2, 0.25) is 0 Å². The Hall–Kier alpha value is -3.29. The molecule has 0 fully saturated rings. The smallest absolute Gasteiger partial charge is 0.307 e. The van der Waals surface area contributed by atoms with Crippen LogP contribution < -0.4 is 4.90 Å². The van der Waals surface area contributed by atoms with Gasteiger partial charge in [-0.1, -0.05) is 12.1 Å². The number of nitro benzene ring substituents is 1. The Kier molecular flexibility index (Phi) is 6.37. The molecule has 0 aliphatic rings. The number of nitro groups is 1. The van der Waals surface area contributed by atoms with Crippen molar-refractivity contribution in [1.29, 1.82) is 0 Å². The largest absolute Gasteiger partial charge is 0.466 e. The molecule has 8 heteroatoms. The minimum absolute atomic E-state index is 0.00981. The number of hydrogen-bond donors (Lipinski definition) is 0. The number of carbonyl (C=O) groups excluding carboxylic acids is 2. The highest BCUT2D eigenvalue weighted by atomic mass is 16.6.